The van der Waals surface area contributed by atoms with E-state index in [1.54, 1.807) is 18.2 Å². The molecule has 0 aromatic carbocycles. The molecule has 1 atom stereocenters. The van der Waals surface area contributed by atoms with Crippen molar-refractivity contribution >= 4 is 15.9 Å². The largest absolute Gasteiger partial charge is 0.241 e. The van der Waals surface area contributed by atoms with E-state index < -0.39 is 6.17 Å². The zero-order chi connectivity index (χ0) is 5.98. The highest BCUT2D eigenvalue weighted by atomic mass is 79.9. The second-order valence-electron chi connectivity index (χ2n) is 1.53. The van der Waals surface area contributed by atoms with Gasteiger partial charge in [-0.2, -0.15) is 0 Å². The zero-order valence-electron chi connectivity index (χ0n) is 4.14. The standard InChI is InChI=1S/C6H5BrF/c7-5-3-1-2-4-6(5)8/h1-4,6H. The Labute approximate surface area is 56.2 Å². The van der Waals surface area contributed by atoms with E-state index in [1.165, 1.54) is 6.08 Å². The van der Waals surface area contributed by atoms with E-state index in [0.717, 1.165) is 0 Å². The molecule has 1 aliphatic carbocycles. The first-order valence-electron chi connectivity index (χ1n) is 2.32. The molecule has 0 aliphatic heterocycles. The molecule has 43 valence electrons. The Morgan fingerprint density at radius 2 is 2.25 bits per heavy atom. The normalized spacial score (nSPS) is 29.0. The van der Waals surface area contributed by atoms with E-state index >= 15 is 0 Å². The minimum absolute atomic E-state index is 0.597. The van der Waals surface area contributed by atoms with Gasteiger partial charge >= 0.3 is 0 Å². The first kappa shape index (κ1) is 6.02. The lowest BCUT2D eigenvalue weighted by atomic mass is 10.2. The van der Waals surface area contributed by atoms with Crippen molar-refractivity contribution in [3.8, 4) is 0 Å². The van der Waals surface area contributed by atoms with Gasteiger partial charge in [-0.1, -0.05) is 34.2 Å². The maximum absolute atomic E-state index is 12.4. The third-order valence-corrected chi connectivity index (χ3v) is 1.61. The highest BCUT2D eigenvalue weighted by molar-refractivity contribution is 9.11. The number of alkyl halides is 1. The molecule has 0 bridgehead atoms. The summed E-state index contributed by atoms with van der Waals surface area (Å²) in [6, 6.07) is 0. The summed E-state index contributed by atoms with van der Waals surface area (Å²) in [4.78, 5) is 0.597. The molecule has 0 aromatic heterocycles. The molecule has 0 saturated carbocycles. The lowest BCUT2D eigenvalue weighted by Crippen LogP contribution is -2.02. The molecule has 0 fully saturated rings. The first-order chi connectivity index (χ1) is 3.80. The molecule has 0 heterocycles. The second kappa shape index (κ2) is 2.44. The molecule has 0 saturated heterocycles. The van der Waals surface area contributed by atoms with Crippen molar-refractivity contribution in [3.05, 3.63) is 29.1 Å². The van der Waals surface area contributed by atoms with Crippen LogP contribution in [0, 0.1) is 4.83 Å². The molecule has 1 radical (unpaired) electrons. The van der Waals surface area contributed by atoms with E-state index in [2.05, 4.69) is 15.9 Å². The minimum Gasteiger partial charge on any atom is -0.241 e. The van der Waals surface area contributed by atoms with Gasteiger partial charge in [0, 0.05) is 0 Å². The Bertz CT molecular complexity index is 112. The lowest BCUT2D eigenvalue weighted by Gasteiger charge is -2.07. The average molecular weight is 176 g/mol. The Kier molecular flexibility index (Phi) is 1.84. The summed E-state index contributed by atoms with van der Waals surface area (Å²) < 4.78 is 12.4. The molecular formula is C6H5BrF. The summed E-state index contributed by atoms with van der Waals surface area (Å²) >= 11 is 3.06. The van der Waals surface area contributed by atoms with Crippen molar-refractivity contribution in [1.29, 1.82) is 0 Å². The van der Waals surface area contributed by atoms with Gasteiger partial charge in [-0.05, 0) is 6.08 Å². The molecule has 0 N–H and O–H groups in total. The SMILES string of the molecule is FC1C=CC=C[C]1Br. The summed E-state index contributed by atoms with van der Waals surface area (Å²) in [6.07, 6.45) is 5.74. The van der Waals surface area contributed by atoms with E-state index in [1.807, 2.05) is 0 Å². The number of halogens is 2. The van der Waals surface area contributed by atoms with Gasteiger partial charge in [0.1, 0.15) is 11.0 Å². The summed E-state index contributed by atoms with van der Waals surface area (Å²) in [6.45, 7) is 0. The van der Waals surface area contributed by atoms with Gasteiger partial charge in [0.25, 0.3) is 0 Å². The molecule has 0 aromatic rings. The topological polar surface area (TPSA) is 0 Å². The summed E-state index contributed by atoms with van der Waals surface area (Å²) in [7, 11) is 0. The summed E-state index contributed by atoms with van der Waals surface area (Å²) in [5.74, 6) is 0. The van der Waals surface area contributed by atoms with Crippen molar-refractivity contribution < 1.29 is 4.39 Å². The highest BCUT2D eigenvalue weighted by Crippen LogP contribution is 2.23. The fraction of sp³-hybridized carbons (Fsp3) is 0.167. The van der Waals surface area contributed by atoms with Crippen LogP contribution in [0.25, 0.3) is 0 Å². The van der Waals surface area contributed by atoms with Crippen LogP contribution in [0.1, 0.15) is 0 Å². The van der Waals surface area contributed by atoms with Crippen LogP contribution in [0.5, 0.6) is 0 Å². The second-order valence-corrected chi connectivity index (χ2v) is 2.45. The van der Waals surface area contributed by atoms with Crippen molar-refractivity contribution in [2.45, 2.75) is 6.17 Å². The number of allylic oxidation sites excluding steroid dienone is 4. The maximum atomic E-state index is 12.4. The lowest BCUT2D eigenvalue weighted by molar-refractivity contribution is 0.445. The first-order valence-corrected chi connectivity index (χ1v) is 3.11. The predicted molar refractivity (Wildman–Crippen MR) is 35.3 cm³/mol. The van der Waals surface area contributed by atoms with E-state index in [9.17, 15) is 4.39 Å². The van der Waals surface area contributed by atoms with Crippen LogP contribution >= 0.6 is 15.9 Å². The Balaban J connectivity index is 2.59. The third kappa shape index (κ3) is 1.19. The zero-order valence-corrected chi connectivity index (χ0v) is 5.73. The van der Waals surface area contributed by atoms with E-state index in [4.69, 9.17) is 0 Å². The predicted octanol–water partition coefficient (Wildman–Crippen LogP) is 2.38. The van der Waals surface area contributed by atoms with Gasteiger partial charge in [-0.15, -0.1) is 0 Å². The Morgan fingerprint density at radius 1 is 1.50 bits per heavy atom. The molecule has 0 nitrogen and oxygen atoms in total. The molecule has 2 heteroatoms. The Morgan fingerprint density at radius 3 is 2.62 bits per heavy atom. The number of rotatable bonds is 0. The van der Waals surface area contributed by atoms with Gasteiger partial charge in [-0.3, -0.25) is 0 Å². The van der Waals surface area contributed by atoms with Gasteiger partial charge in [0.05, 0.1) is 0 Å². The molecule has 0 amide bonds. The molecule has 1 unspecified atom stereocenters. The van der Waals surface area contributed by atoms with Crippen LogP contribution in [-0.2, 0) is 0 Å². The van der Waals surface area contributed by atoms with E-state index in [0.29, 0.717) is 4.83 Å². The molecule has 1 rings (SSSR count). The number of hydrogen-bond donors (Lipinski definition) is 0. The Hall–Kier alpha value is -0.110. The number of hydrogen-bond acceptors (Lipinski definition) is 0. The van der Waals surface area contributed by atoms with Gasteiger partial charge < -0.3 is 0 Å². The van der Waals surface area contributed by atoms with E-state index in [-0.39, 0.29) is 0 Å². The fourth-order valence-corrected chi connectivity index (χ4v) is 0.798. The van der Waals surface area contributed by atoms with Gasteiger partial charge in [0.2, 0.25) is 0 Å². The van der Waals surface area contributed by atoms with Gasteiger partial charge in [0.15, 0.2) is 0 Å². The highest BCUT2D eigenvalue weighted by Gasteiger charge is 2.13. The van der Waals surface area contributed by atoms with Crippen LogP contribution < -0.4 is 0 Å². The summed E-state index contributed by atoms with van der Waals surface area (Å²) in [5.41, 5.74) is 0. The van der Waals surface area contributed by atoms with Crippen molar-refractivity contribution in [3.63, 3.8) is 0 Å². The van der Waals surface area contributed by atoms with Crippen LogP contribution in [0.4, 0.5) is 4.39 Å². The van der Waals surface area contributed by atoms with Crippen LogP contribution in [0.15, 0.2) is 24.3 Å². The van der Waals surface area contributed by atoms with Crippen LogP contribution in [0.3, 0.4) is 0 Å². The average Bonchev–Trinajstić information content (AvgIpc) is 1.77. The maximum Gasteiger partial charge on any atom is 0.139 e. The van der Waals surface area contributed by atoms with Crippen LogP contribution in [0.2, 0.25) is 0 Å². The molecule has 1 aliphatic rings. The summed E-state index contributed by atoms with van der Waals surface area (Å²) in [5, 5.41) is 0. The van der Waals surface area contributed by atoms with Crippen LogP contribution in [-0.4, -0.2) is 6.17 Å². The molecular weight excluding hydrogens is 171 g/mol. The molecule has 8 heavy (non-hydrogen) atoms. The van der Waals surface area contributed by atoms with Crippen molar-refractivity contribution in [2.24, 2.45) is 0 Å². The minimum atomic E-state index is -0.931. The van der Waals surface area contributed by atoms with Crippen molar-refractivity contribution in [2.75, 3.05) is 0 Å². The monoisotopic (exact) mass is 175 g/mol. The smallest absolute Gasteiger partial charge is 0.139 e. The van der Waals surface area contributed by atoms with Crippen molar-refractivity contribution in [1.82, 2.24) is 0 Å². The fourth-order valence-electron chi connectivity index (χ4n) is 0.493. The quantitative estimate of drug-likeness (QED) is 0.531. The van der Waals surface area contributed by atoms with Gasteiger partial charge in [-0.25, -0.2) is 4.39 Å². The molecule has 0 spiro atoms. The third-order valence-electron chi connectivity index (χ3n) is 0.910.